The number of anilines is 1. The molecule has 2 aromatic rings. The molecule has 140 valence electrons. The lowest BCUT2D eigenvalue weighted by Crippen LogP contribution is -2.25. The van der Waals surface area contributed by atoms with Crippen molar-refractivity contribution in [3.63, 3.8) is 0 Å². The first kappa shape index (κ1) is 18.5. The summed E-state index contributed by atoms with van der Waals surface area (Å²) < 4.78 is 23.3. The molecule has 9 heteroatoms. The quantitative estimate of drug-likeness (QED) is 0.477. The van der Waals surface area contributed by atoms with Crippen LogP contribution in [-0.2, 0) is 6.42 Å². The maximum Gasteiger partial charge on any atom is 0.251 e. The summed E-state index contributed by atoms with van der Waals surface area (Å²) in [6.45, 7) is -0.0522. The fourth-order valence-corrected chi connectivity index (χ4v) is 4.22. The highest BCUT2D eigenvalue weighted by atomic mass is 32.3. The molecule has 26 heavy (non-hydrogen) atoms. The lowest BCUT2D eigenvalue weighted by molar-refractivity contribution is 0.0963. The highest BCUT2D eigenvalue weighted by molar-refractivity contribution is 8.24. The zero-order chi connectivity index (χ0) is 18.9. The zero-order valence-corrected chi connectivity index (χ0v) is 14.9. The number of benzene rings is 2. The molecule has 0 aliphatic carbocycles. The van der Waals surface area contributed by atoms with E-state index in [0.717, 1.165) is 15.4 Å². The number of amides is 1. The number of phenols is 1. The summed E-state index contributed by atoms with van der Waals surface area (Å²) in [5.74, 6) is -0.295. The van der Waals surface area contributed by atoms with E-state index in [1.807, 2.05) is 6.07 Å². The van der Waals surface area contributed by atoms with Crippen LogP contribution in [0.2, 0.25) is 0 Å². The number of phenolic OH excluding ortho intramolecular Hbond substituents is 1. The van der Waals surface area contributed by atoms with E-state index in [-0.39, 0.29) is 23.9 Å². The molecule has 1 aliphatic rings. The van der Waals surface area contributed by atoms with Crippen LogP contribution in [0.5, 0.6) is 5.75 Å². The monoisotopic (exact) mass is 379 g/mol. The van der Waals surface area contributed by atoms with E-state index in [9.17, 15) is 24.1 Å². The number of hydrogen-bond acceptors (Lipinski definition) is 7. The van der Waals surface area contributed by atoms with Gasteiger partial charge in [0, 0.05) is 12.6 Å². The van der Waals surface area contributed by atoms with Gasteiger partial charge in [0.25, 0.3) is 5.91 Å². The fourth-order valence-electron chi connectivity index (χ4n) is 2.87. The number of β-amino-alcohol motifs (C(OH)–C–C–N with tert-alkyl or cyclic N) is 1. The standard InChI is InChI=1S/C17H21N3O5S/c1-18-17(23)13-4-2-3-11(8-13)7-12-5-6-14(15(21)9-12)20-10-16(22)19-26(20,24)25/h2-6,8-9,16,19,21-22,24-25H,7,10H2,1H3,(H,18,23). The van der Waals surface area contributed by atoms with E-state index in [2.05, 4.69) is 10.0 Å². The number of aliphatic hydroxyl groups excluding tert-OH is 1. The Kier molecular flexibility index (Phi) is 5.08. The Balaban J connectivity index is 1.81. The number of carbonyl (C=O) groups excluding carboxylic acids is 1. The molecule has 2 aromatic carbocycles. The molecule has 0 saturated carbocycles. The van der Waals surface area contributed by atoms with Crippen LogP contribution < -0.4 is 14.3 Å². The predicted molar refractivity (Wildman–Crippen MR) is 100 cm³/mol. The minimum Gasteiger partial charge on any atom is -0.506 e. The van der Waals surface area contributed by atoms with Crippen molar-refractivity contribution in [3.8, 4) is 5.75 Å². The normalized spacial score (nSPS) is 20.0. The van der Waals surface area contributed by atoms with Crippen LogP contribution in [0.3, 0.4) is 0 Å². The first-order valence-corrected chi connectivity index (χ1v) is 9.44. The van der Waals surface area contributed by atoms with E-state index in [4.69, 9.17) is 0 Å². The Hall–Kier alpha value is -2.30. The van der Waals surface area contributed by atoms with Gasteiger partial charge in [0.2, 0.25) is 0 Å². The molecule has 1 heterocycles. The second-order valence-corrected chi connectivity index (χ2v) is 7.71. The number of nitrogens with one attached hydrogen (secondary N) is 2. The Morgan fingerprint density at radius 2 is 2.00 bits per heavy atom. The summed E-state index contributed by atoms with van der Waals surface area (Å²) in [5.41, 5.74) is 2.47. The molecule has 1 saturated heterocycles. The molecule has 1 amide bonds. The summed E-state index contributed by atoms with van der Waals surface area (Å²) in [6.07, 6.45) is -0.595. The highest BCUT2D eigenvalue weighted by Gasteiger charge is 2.36. The first-order valence-electron chi connectivity index (χ1n) is 7.94. The van der Waals surface area contributed by atoms with Gasteiger partial charge in [-0.3, -0.25) is 18.2 Å². The summed E-state index contributed by atoms with van der Waals surface area (Å²) >= 11 is 0. The number of nitrogens with zero attached hydrogens (tertiary/aromatic N) is 1. The number of aliphatic hydroxyl groups is 1. The van der Waals surface area contributed by atoms with Crippen LogP contribution in [-0.4, -0.2) is 45.0 Å². The maximum atomic E-state index is 11.7. The second kappa shape index (κ2) is 7.14. The molecule has 0 radical (unpaired) electrons. The van der Waals surface area contributed by atoms with Crippen LogP contribution in [0.25, 0.3) is 0 Å². The van der Waals surface area contributed by atoms with Gasteiger partial charge in [0.05, 0.1) is 6.54 Å². The third-order valence-corrected chi connectivity index (χ3v) is 5.62. The Bertz CT molecular complexity index is 830. The Labute approximate surface area is 152 Å². The third kappa shape index (κ3) is 3.76. The predicted octanol–water partition coefficient (Wildman–Crippen LogP) is 1.65. The summed E-state index contributed by atoms with van der Waals surface area (Å²) in [7, 11) is -1.80. The average molecular weight is 379 g/mol. The number of hydrogen-bond donors (Lipinski definition) is 6. The molecule has 6 N–H and O–H groups in total. The van der Waals surface area contributed by atoms with Crippen LogP contribution >= 0.6 is 11.0 Å². The van der Waals surface area contributed by atoms with Crippen LogP contribution in [0.15, 0.2) is 42.5 Å². The molecule has 3 rings (SSSR count). The number of rotatable bonds is 4. The van der Waals surface area contributed by atoms with Gasteiger partial charge in [-0.05, 0) is 41.8 Å². The fraction of sp³-hybridized carbons (Fsp3) is 0.235. The molecule has 8 nitrogen and oxygen atoms in total. The van der Waals surface area contributed by atoms with Crippen molar-refractivity contribution >= 4 is 22.6 Å². The Morgan fingerprint density at radius 3 is 2.62 bits per heavy atom. The SMILES string of the molecule is CNC(=O)c1cccc(Cc2ccc(N3CC(O)NS3(O)O)c(O)c2)c1. The molecular formula is C17H21N3O5S. The first-order chi connectivity index (χ1) is 12.3. The molecule has 1 unspecified atom stereocenters. The van der Waals surface area contributed by atoms with Gasteiger partial charge < -0.3 is 15.5 Å². The minimum atomic E-state index is -3.37. The molecule has 0 spiro atoms. The molecule has 0 bridgehead atoms. The summed E-state index contributed by atoms with van der Waals surface area (Å²) in [5, 5.41) is 22.4. The lowest BCUT2D eigenvalue weighted by Gasteiger charge is -2.36. The van der Waals surface area contributed by atoms with Crippen molar-refractivity contribution in [2.75, 3.05) is 17.9 Å². The minimum absolute atomic E-state index is 0.0522. The van der Waals surface area contributed by atoms with Crippen LogP contribution in [0.1, 0.15) is 21.5 Å². The van der Waals surface area contributed by atoms with Gasteiger partial charge in [0.1, 0.15) is 17.7 Å². The van der Waals surface area contributed by atoms with Crippen molar-refractivity contribution in [1.82, 2.24) is 10.0 Å². The van der Waals surface area contributed by atoms with Gasteiger partial charge in [-0.15, -0.1) is 0 Å². The molecule has 0 aromatic heterocycles. The van der Waals surface area contributed by atoms with Gasteiger partial charge in [-0.2, -0.15) is 4.72 Å². The van der Waals surface area contributed by atoms with Gasteiger partial charge in [0.15, 0.2) is 0 Å². The zero-order valence-electron chi connectivity index (χ0n) is 14.1. The highest BCUT2D eigenvalue weighted by Crippen LogP contribution is 2.49. The van der Waals surface area contributed by atoms with Gasteiger partial charge >= 0.3 is 0 Å². The van der Waals surface area contributed by atoms with Gasteiger partial charge in [-0.25, -0.2) is 0 Å². The van der Waals surface area contributed by atoms with Crippen molar-refractivity contribution in [2.24, 2.45) is 0 Å². The summed E-state index contributed by atoms with van der Waals surface area (Å²) in [6, 6.07) is 12.0. The van der Waals surface area contributed by atoms with E-state index in [1.165, 1.54) is 6.07 Å². The third-order valence-electron chi connectivity index (χ3n) is 4.07. The summed E-state index contributed by atoms with van der Waals surface area (Å²) in [4.78, 5) is 11.7. The van der Waals surface area contributed by atoms with Gasteiger partial charge in [-0.1, -0.05) is 29.2 Å². The van der Waals surface area contributed by atoms with E-state index in [1.54, 1.807) is 37.4 Å². The van der Waals surface area contributed by atoms with Crippen molar-refractivity contribution in [1.29, 1.82) is 0 Å². The molecule has 1 fully saturated rings. The number of carbonyl (C=O) groups is 1. The van der Waals surface area contributed by atoms with Crippen LogP contribution in [0.4, 0.5) is 5.69 Å². The van der Waals surface area contributed by atoms with Crippen LogP contribution in [0, 0.1) is 0 Å². The second-order valence-electron chi connectivity index (χ2n) is 5.99. The molecule has 1 atom stereocenters. The largest absolute Gasteiger partial charge is 0.506 e. The smallest absolute Gasteiger partial charge is 0.251 e. The Morgan fingerprint density at radius 1 is 1.27 bits per heavy atom. The topological polar surface area (TPSA) is 125 Å². The van der Waals surface area contributed by atoms with E-state index in [0.29, 0.717) is 12.0 Å². The van der Waals surface area contributed by atoms with Crippen molar-refractivity contribution < 1.29 is 24.1 Å². The van der Waals surface area contributed by atoms with Crippen molar-refractivity contribution in [2.45, 2.75) is 12.6 Å². The van der Waals surface area contributed by atoms with E-state index < -0.39 is 17.2 Å². The lowest BCUT2D eigenvalue weighted by atomic mass is 10.0. The molecule has 1 aliphatic heterocycles. The van der Waals surface area contributed by atoms with E-state index >= 15 is 0 Å². The number of aromatic hydroxyl groups is 1. The maximum absolute atomic E-state index is 11.7. The molecular weight excluding hydrogens is 358 g/mol. The average Bonchev–Trinajstić information content (AvgIpc) is 2.86. The van der Waals surface area contributed by atoms with Crippen molar-refractivity contribution in [3.05, 3.63) is 59.2 Å².